The van der Waals surface area contributed by atoms with Gasteiger partial charge in [-0.15, -0.1) is 0 Å². The molecule has 2 fully saturated rings. The highest BCUT2D eigenvalue weighted by Crippen LogP contribution is 2.32. The molecule has 2 aliphatic rings. The standard InChI is InChI=1S/C32H32N10O3/c43-31(23-4-3-12-33-20-23)41-14-10-25(11-15-41)42-30-26(21-35-42)29(40-16-18-45-19-17-40)38-28(39-30)22-6-8-24(9-7-22)36-32(44)37-27-5-1-2-13-34-27/h1-9,12-13,20-21,25H,10-11,14-19H2,(H2,34,36,37,44). The molecule has 4 aromatic heterocycles. The van der Waals surface area contributed by atoms with Crippen molar-refractivity contribution in [1.29, 1.82) is 0 Å². The summed E-state index contributed by atoms with van der Waals surface area (Å²) in [4.78, 5) is 47.8. The van der Waals surface area contributed by atoms with Crippen molar-refractivity contribution in [3.8, 4) is 11.4 Å². The number of urea groups is 1. The number of pyridine rings is 2. The molecule has 6 heterocycles. The molecule has 2 N–H and O–H groups in total. The average molecular weight is 605 g/mol. The predicted octanol–water partition coefficient (Wildman–Crippen LogP) is 4.24. The number of nitrogens with zero attached hydrogens (tertiary/aromatic N) is 8. The molecule has 13 nitrogen and oxygen atoms in total. The zero-order chi connectivity index (χ0) is 30.6. The smallest absolute Gasteiger partial charge is 0.324 e. The monoisotopic (exact) mass is 604 g/mol. The highest BCUT2D eigenvalue weighted by Gasteiger charge is 2.28. The molecule has 0 unspecified atom stereocenters. The second-order valence-electron chi connectivity index (χ2n) is 10.9. The minimum absolute atomic E-state index is 0.00163. The van der Waals surface area contributed by atoms with E-state index in [1.165, 1.54) is 0 Å². The summed E-state index contributed by atoms with van der Waals surface area (Å²) in [5, 5.41) is 11.2. The van der Waals surface area contributed by atoms with E-state index >= 15 is 0 Å². The maximum absolute atomic E-state index is 13.0. The van der Waals surface area contributed by atoms with Gasteiger partial charge in [-0.3, -0.25) is 15.1 Å². The van der Waals surface area contributed by atoms with E-state index in [1.54, 1.807) is 48.9 Å². The van der Waals surface area contributed by atoms with Crippen LogP contribution >= 0.6 is 0 Å². The van der Waals surface area contributed by atoms with E-state index in [0.717, 1.165) is 48.3 Å². The van der Waals surface area contributed by atoms with Gasteiger partial charge in [0.2, 0.25) is 0 Å². The van der Waals surface area contributed by atoms with Crippen LogP contribution in [0.15, 0.2) is 79.4 Å². The van der Waals surface area contributed by atoms with Gasteiger partial charge in [0.25, 0.3) is 5.91 Å². The zero-order valence-electron chi connectivity index (χ0n) is 24.5. The van der Waals surface area contributed by atoms with Crippen molar-refractivity contribution >= 4 is 40.3 Å². The van der Waals surface area contributed by atoms with E-state index in [2.05, 4.69) is 25.5 Å². The number of morpholine rings is 1. The van der Waals surface area contributed by atoms with Gasteiger partial charge in [0.15, 0.2) is 11.5 Å². The molecule has 2 saturated heterocycles. The Morgan fingerprint density at radius 2 is 1.67 bits per heavy atom. The molecule has 2 aliphatic heterocycles. The number of rotatable bonds is 6. The first-order valence-electron chi connectivity index (χ1n) is 15.0. The van der Waals surface area contributed by atoms with Crippen LogP contribution in [0.3, 0.4) is 0 Å². The van der Waals surface area contributed by atoms with Crippen LogP contribution in [0.1, 0.15) is 29.2 Å². The van der Waals surface area contributed by atoms with Crippen molar-refractivity contribution in [2.24, 2.45) is 0 Å². The van der Waals surface area contributed by atoms with Crippen LogP contribution in [0.2, 0.25) is 0 Å². The summed E-state index contributed by atoms with van der Waals surface area (Å²) in [5.74, 6) is 1.86. The number of aromatic nitrogens is 6. The maximum atomic E-state index is 13.0. The summed E-state index contributed by atoms with van der Waals surface area (Å²) in [6, 6.07) is 16.0. The Labute approximate surface area is 259 Å². The lowest BCUT2D eigenvalue weighted by atomic mass is 10.0. The number of hydrogen-bond donors (Lipinski definition) is 2. The number of hydrogen-bond acceptors (Lipinski definition) is 9. The van der Waals surface area contributed by atoms with Crippen LogP contribution in [-0.2, 0) is 4.74 Å². The first-order chi connectivity index (χ1) is 22.1. The highest BCUT2D eigenvalue weighted by atomic mass is 16.5. The first kappa shape index (κ1) is 28.3. The van der Waals surface area contributed by atoms with Crippen LogP contribution in [0.25, 0.3) is 22.4 Å². The van der Waals surface area contributed by atoms with Gasteiger partial charge < -0.3 is 19.9 Å². The third-order valence-electron chi connectivity index (χ3n) is 8.06. The minimum atomic E-state index is -0.384. The molecular formula is C32H32N10O3. The van der Waals surface area contributed by atoms with Gasteiger partial charge in [-0.2, -0.15) is 5.10 Å². The Morgan fingerprint density at radius 1 is 0.844 bits per heavy atom. The van der Waals surface area contributed by atoms with E-state index in [9.17, 15) is 9.59 Å². The zero-order valence-corrected chi connectivity index (χ0v) is 24.5. The van der Waals surface area contributed by atoms with E-state index in [-0.39, 0.29) is 18.0 Å². The number of benzene rings is 1. The second kappa shape index (κ2) is 12.7. The number of amides is 3. The van der Waals surface area contributed by atoms with Gasteiger partial charge in [-0.25, -0.2) is 24.4 Å². The van der Waals surface area contributed by atoms with Gasteiger partial charge >= 0.3 is 6.03 Å². The lowest BCUT2D eigenvalue weighted by Crippen LogP contribution is -2.39. The maximum Gasteiger partial charge on any atom is 0.324 e. The molecule has 0 spiro atoms. The van der Waals surface area contributed by atoms with Gasteiger partial charge in [0, 0.05) is 56.0 Å². The summed E-state index contributed by atoms with van der Waals surface area (Å²) < 4.78 is 7.60. The minimum Gasteiger partial charge on any atom is -0.378 e. The van der Waals surface area contributed by atoms with Crippen LogP contribution in [0.5, 0.6) is 0 Å². The molecule has 1 aromatic carbocycles. The molecule has 7 rings (SSSR count). The number of likely N-dealkylation sites (tertiary alicyclic amines) is 1. The fourth-order valence-electron chi connectivity index (χ4n) is 5.73. The van der Waals surface area contributed by atoms with E-state index in [1.807, 2.05) is 40.0 Å². The normalized spacial score (nSPS) is 15.6. The molecule has 13 heteroatoms. The molecule has 0 bridgehead atoms. The van der Waals surface area contributed by atoms with Gasteiger partial charge in [0.1, 0.15) is 11.6 Å². The average Bonchev–Trinajstić information content (AvgIpc) is 3.53. The Hall–Kier alpha value is -5.43. The lowest BCUT2D eigenvalue weighted by molar-refractivity contribution is 0.0691. The largest absolute Gasteiger partial charge is 0.378 e. The van der Waals surface area contributed by atoms with Crippen LogP contribution < -0.4 is 15.5 Å². The van der Waals surface area contributed by atoms with Crippen LogP contribution in [0, 0.1) is 0 Å². The van der Waals surface area contributed by atoms with E-state index in [0.29, 0.717) is 49.2 Å². The lowest BCUT2D eigenvalue weighted by Gasteiger charge is -2.32. The highest BCUT2D eigenvalue weighted by molar-refractivity contribution is 5.99. The van der Waals surface area contributed by atoms with Gasteiger partial charge in [-0.05, 0) is 61.4 Å². The second-order valence-corrected chi connectivity index (χ2v) is 10.9. The number of carbonyl (C=O) groups excluding carboxylic acids is 2. The van der Waals surface area contributed by atoms with Crippen molar-refractivity contribution in [2.75, 3.05) is 54.9 Å². The number of carbonyl (C=O) groups is 2. The molecule has 228 valence electrons. The number of nitrogens with one attached hydrogen (secondary N) is 2. The summed E-state index contributed by atoms with van der Waals surface area (Å²) in [6.07, 6.45) is 8.27. The molecule has 0 radical (unpaired) electrons. The van der Waals surface area contributed by atoms with Gasteiger partial charge in [0.05, 0.1) is 36.4 Å². The summed E-state index contributed by atoms with van der Waals surface area (Å²) >= 11 is 0. The Bertz CT molecular complexity index is 1780. The quantitative estimate of drug-likeness (QED) is 0.291. The summed E-state index contributed by atoms with van der Waals surface area (Å²) in [7, 11) is 0. The van der Waals surface area contributed by atoms with Crippen molar-refractivity contribution < 1.29 is 14.3 Å². The van der Waals surface area contributed by atoms with E-state index in [4.69, 9.17) is 19.8 Å². The molecule has 3 amide bonds. The Kier molecular flexibility index (Phi) is 7.98. The number of fused-ring (bicyclic) bond motifs is 1. The van der Waals surface area contributed by atoms with Crippen molar-refractivity contribution in [3.05, 3.63) is 84.9 Å². The fraction of sp³-hybridized carbons (Fsp3) is 0.281. The first-order valence-corrected chi connectivity index (χ1v) is 15.0. The molecular weight excluding hydrogens is 572 g/mol. The van der Waals surface area contributed by atoms with Gasteiger partial charge in [-0.1, -0.05) is 6.07 Å². The Morgan fingerprint density at radius 3 is 2.40 bits per heavy atom. The topological polar surface area (TPSA) is 143 Å². The fourth-order valence-corrected chi connectivity index (χ4v) is 5.73. The van der Waals surface area contributed by atoms with Crippen molar-refractivity contribution in [1.82, 2.24) is 34.6 Å². The molecule has 5 aromatic rings. The summed E-state index contributed by atoms with van der Waals surface area (Å²) in [5.41, 5.74) is 2.80. The number of anilines is 3. The third-order valence-corrected chi connectivity index (χ3v) is 8.06. The van der Waals surface area contributed by atoms with Crippen molar-refractivity contribution in [3.63, 3.8) is 0 Å². The Balaban J connectivity index is 1.13. The van der Waals surface area contributed by atoms with Crippen molar-refractivity contribution in [2.45, 2.75) is 18.9 Å². The molecule has 0 atom stereocenters. The van der Waals surface area contributed by atoms with Crippen LogP contribution in [-0.4, -0.2) is 85.9 Å². The molecule has 45 heavy (non-hydrogen) atoms. The summed E-state index contributed by atoms with van der Waals surface area (Å²) in [6.45, 7) is 3.94. The SMILES string of the molecule is O=C(Nc1ccc(-c2nc(N3CCOCC3)c3cnn(C4CCN(C(=O)c5cccnc5)CC4)c3n2)cc1)Nc1ccccn1. The third kappa shape index (κ3) is 6.15. The number of piperidine rings is 1. The molecule has 0 saturated carbocycles. The number of ether oxygens (including phenoxy) is 1. The predicted molar refractivity (Wildman–Crippen MR) is 169 cm³/mol. The van der Waals surface area contributed by atoms with E-state index < -0.39 is 0 Å². The molecule has 0 aliphatic carbocycles. The van der Waals surface area contributed by atoms with Crippen LogP contribution in [0.4, 0.5) is 22.1 Å².